The fourth-order valence-electron chi connectivity index (χ4n) is 2.11. The predicted octanol–water partition coefficient (Wildman–Crippen LogP) is -0.991. The van der Waals surface area contributed by atoms with Crippen molar-refractivity contribution >= 4 is 21.9 Å². The minimum atomic E-state index is -3.36. The Morgan fingerprint density at radius 1 is 1.28 bits per heavy atom. The molecule has 7 nitrogen and oxygen atoms in total. The number of carbonyl (C=O) groups excluding carboxylic acids is 1. The highest BCUT2D eigenvalue weighted by Gasteiger charge is 2.65. The number of carbonyl (C=O) groups is 2. The molecule has 1 fully saturated rings. The average molecular weight is 278 g/mol. The maximum atomic E-state index is 11.7. The van der Waals surface area contributed by atoms with E-state index in [0.717, 1.165) is 0 Å². The Kier molecular flexibility index (Phi) is 4.02. The van der Waals surface area contributed by atoms with Crippen LogP contribution in [-0.4, -0.2) is 44.7 Å². The molecule has 1 aliphatic carbocycles. The third kappa shape index (κ3) is 2.99. The molecule has 2 unspecified atom stereocenters. The zero-order chi connectivity index (χ0) is 14.1. The monoisotopic (exact) mass is 278 g/mol. The molecule has 0 aromatic heterocycles. The zero-order valence-electron chi connectivity index (χ0n) is 10.6. The average Bonchev–Trinajstić information content (AvgIpc) is 2.81. The van der Waals surface area contributed by atoms with E-state index in [9.17, 15) is 18.0 Å². The minimum absolute atomic E-state index is 0.0269. The van der Waals surface area contributed by atoms with Crippen LogP contribution >= 0.6 is 0 Å². The predicted molar refractivity (Wildman–Crippen MR) is 64.3 cm³/mol. The summed E-state index contributed by atoms with van der Waals surface area (Å²) in [6.07, 6.45) is 0. The summed E-state index contributed by atoms with van der Waals surface area (Å²) in [4.78, 5) is 22.6. The molecular weight excluding hydrogens is 260 g/mol. The molecule has 104 valence electrons. The number of amides is 1. The lowest BCUT2D eigenvalue weighted by atomic mass is 10.1. The Labute approximate surface area is 106 Å². The molecule has 3 N–H and O–H groups in total. The second-order valence-electron chi connectivity index (χ2n) is 4.93. The Hall–Kier alpha value is -1.15. The van der Waals surface area contributed by atoms with Crippen LogP contribution in [-0.2, 0) is 19.6 Å². The summed E-state index contributed by atoms with van der Waals surface area (Å²) in [6.45, 7) is 3.39. The number of rotatable bonds is 6. The number of nitrogens with one attached hydrogen (secondary N) is 2. The van der Waals surface area contributed by atoms with E-state index < -0.39 is 39.2 Å². The van der Waals surface area contributed by atoms with Crippen molar-refractivity contribution in [1.82, 2.24) is 10.0 Å². The van der Waals surface area contributed by atoms with Crippen LogP contribution in [0.1, 0.15) is 13.8 Å². The Morgan fingerprint density at radius 2 is 1.83 bits per heavy atom. The maximum absolute atomic E-state index is 11.7. The van der Waals surface area contributed by atoms with Gasteiger partial charge in [0, 0.05) is 6.54 Å². The van der Waals surface area contributed by atoms with Gasteiger partial charge in [-0.25, -0.2) is 13.1 Å². The van der Waals surface area contributed by atoms with Gasteiger partial charge in [0.1, 0.15) is 0 Å². The van der Waals surface area contributed by atoms with Crippen molar-refractivity contribution in [3.8, 4) is 0 Å². The first-order valence-corrected chi connectivity index (χ1v) is 7.20. The van der Waals surface area contributed by atoms with Gasteiger partial charge in [0.25, 0.3) is 0 Å². The lowest BCUT2D eigenvalue weighted by Gasteiger charge is -2.06. The zero-order valence-corrected chi connectivity index (χ0v) is 11.4. The number of sulfonamides is 1. The van der Waals surface area contributed by atoms with Crippen molar-refractivity contribution in [1.29, 1.82) is 0 Å². The molecule has 1 amide bonds. The van der Waals surface area contributed by atoms with E-state index in [1.165, 1.54) is 7.05 Å². The summed E-state index contributed by atoms with van der Waals surface area (Å²) in [5.74, 6) is -2.91. The highest BCUT2D eigenvalue weighted by Crippen LogP contribution is 2.58. The van der Waals surface area contributed by atoms with E-state index in [0.29, 0.717) is 0 Å². The molecule has 0 spiro atoms. The van der Waals surface area contributed by atoms with Crippen molar-refractivity contribution in [3.63, 3.8) is 0 Å². The molecule has 1 saturated carbocycles. The number of hydrogen-bond acceptors (Lipinski definition) is 4. The van der Waals surface area contributed by atoms with Crippen LogP contribution in [0.3, 0.4) is 0 Å². The lowest BCUT2D eigenvalue weighted by molar-refractivity contribution is -0.140. The van der Waals surface area contributed by atoms with Crippen LogP contribution < -0.4 is 10.0 Å². The number of carboxylic acid groups (broad SMARTS) is 1. The molecular formula is C10H18N2O5S. The van der Waals surface area contributed by atoms with Gasteiger partial charge in [-0.15, -0.1) is 0 Å². The van der Waals surface area contributed by atoms with Gasteiger partial charge in [0.05, 0.1) is 17.6 Å². The topological polar surface area (TPSA) is 113 Å². The fourth-order valence-corrected chi connectivity index (χ4v) is 2.68. The van der Waals surface area contributed by atoms with Crippen LogP contribution in [0.15, 0.2) is 0 Å². The highest BCUT2D eigenvalue weighted by atomic mass is 32.2. The molecule has 2 atom stereocenters. The molecule has 0 aromatic carbocycles. The molecule has 0 radical (unpaired) electrons. The van der Waals surface area contributed by atoms with Crippen LogP contribution in [0.4, 0.5) is 0 Å². The van der Waals surface area contributed by atoms with Crippen molar-refractivity contribution in [2.75, 3.05) is 19.3 Å². The van der Waals surface area contributed by atoms with Gasteiger partial charge >= 0.3 is 5.97 Å². The van der Waals surface area contributed by atoms with E-state index in [4.69, 9.17) is 5.11 Å². The quantitative estimate of drug-likeness (QED) is 0.577. The molecule has 1 aliphatic rings. The minimum Gasteiger partial charge on any atom is -0.481 e. The molecule has 18 heavy (non-hydrogen) atoms. The second-order valence-corrected chi connectivity index (χ2v) is 6.97. The molecule has 1 rings (SSSR count). The molecule has 8 heteroatoms. The first-order chi connectivity index (χ1) is 8.13. The van der Waals surface area contributed by atoms with Crippen LogP contribution in [0.2, 0.25) is 0 Å². The number of aliphatic carboxylic acids is 1. The van der Waals surface area contributed by atoms with Crippen LogP contribution in [0, 0.1) is 17.3 Å². The second kappa shape index (κ2) is 4.85. The van der Waals surface area contributed by atoms with Crippen molar-refractivity contribution in [3.05, 3.63) is 0 Å². The SMILES string of the molecule is CNS(=O)(=O)CCNC(=O)C1C(C(=O)O)C1(C)C. The normalized spacial score (nSPS) is 25.5. The van der Waals surface area contributed by atoms with Gasteiger partial charge in [0.15, 0.2) is 0 Å². The summed E-state index contributed by atoms with van der Waals surface area (Å²) < 4.78 is 24.3. The van der Waals surface area contributed by atoms with Crippen molar-refractivity contribution < 1.29 is 23.1 Å². The summed E-state index contributed by atoms with van der Waals surface area (Å²) in [7, 11) is -2.07. The summed E-state index contributed by atoms with van der Waals surface area (Å²) in [6, 6.07) is 0. The molecule has 0 aliphatic heterocycles. The Balaban J connectivity index is 2.47. The standard InChI is InChI=1S/C10H18N2O5S/c1-10(2)6(7(10)9(14)15)8(13)12-4-5-18(16,17)11-3/h6-7,11H,4-5H2,1-3H3,(H,12,13)(H,14,15). The first kappa shape index (κ1) is 14.9. The van der Waals surface area contributed by atoms with Gasteiger partial charge in [-0.2, -0.15) is 0 Å². The third-order valence-electron chi connectivity index (χ3n) is 3.36. The van der Waals surface area contributed by atoms with Crippen LogP contribution in [0.25, 0.3) is 0 Å². The maximum Gasteiger partial charge on any atom is 0.307 e. The fraction of sp³-hybridized carbons (Fsp3) is 0.800. The molecule has 0 bridgehead atoms. The Bertz CT molecular complexity index is 457. The summed E-state index contributed by atoms with van der Waals surface area (Å²) in [5.41, 5.74) is -0.572. The number of carboxylic acids is 1. The van der Waals surface area contributed by atoms with Crippen molar-refractivity contribution in [2.24, 2.45) is 17.3 Å². The van der Waals surface area contributed by atoms with Gasteiger partial charge in [-0.1, -0.05) is 13.8 Å². The smallest absolute Gasteiger partial charge is 0.307 e. The summed E-state index contributed by atoms with van der Waals surface area (Å²) in [5, 5.41) is 11.4. The van der Waals surface area contributed by atoms with Crippen molar-refractivity contribution in [2.45, 2.75) is 13.8 Å². The van der Waals surface area contributed by atoms with E-state index in [1.54, 1.807) is 13.8 Å². The Morgan fingerprint density at radius 3 is 2.22 bits per heavy atom. The van der Waals surface area contributed by atoms with Gasteiger partial charge in [-0.3, -0.25) is 9.59 Å². The highest BCUT2D eigenvalue weighted by molar-refractivity contribution is 7.89. The van der Waals surface area contributed by atoms with E-state index in [-0.39, 0.29) is 12.3 Å². The largest absolute Gasteiger partial charge is 0.481 e. The van der Waals surface area contributed by atoms with E-state index >= 15 is 0 Å². The molecule has 0 heterocycles. The van der Waals surface area contributed by atoms with Gasteiger partial charge in [-0.05, 0) is 12.5 Å². The van der Waals surface area contributed by atoms with Gasteiger partial charge in [0.2, 0.25) is 15.9 Å². The van der Waals surface area contributed by atoms with E-state index in [2.05, 4.69) is 10.0 Å². The van der Waals surface area contributed by atoms with E-state index in [1.807, 2.05) is 0 Å². The lowest BCUT2D eigenvalue weighted by Crippen LogP contribution is -2.34. The summed E-state index contributed by atoms with van der Waals surface area (Å²) >= 11 is 0. The third-order valence-corrected chi connectivity index (χ3v) is 4.72. The molecule has 0 saturated heterocycles. The van der Waals surface area contributed by atoms with Crippen LogP contribution in [0.5, 0.6) is 0 Å². The van der Waals surface area contributed by atoms with Gasteiger partial charge < -0.3 is 10.4 Å². The first-order valence-electron chi connectivity index (χ1n) is 5.55. The number of hydrogen-bond donors (Lipinski definition) is 3. The molecule has 0 aromatic rings.